The first-order valence-electron chi connectivity index (χ1n) is 5.17. The van der Waals surface area contributed by atoms with Gasteiger partial charge in [0.15, 0.2) is 0 Å². The molecule has 0 atom stereocenters. The van der Waals surface area contributed by atoms with Gasteiger partial charge in [0.1, 0.15) is 12.2 Å². The third-order valence-electron chi connectivity index (χ3n) is 2.30. The molecule has 1 aromatic heterocycles. The summed E-state index contributed by atoms with van der Waals surface area (Å²) >= 11 is 5.81. The lowest BCUT2D eigenvalue weighted by Gasteiger charge is -2.04. The molecule has 0 saturated heterocycles. The summed E-state index contributed by atoms with van der Waals surface area (Å²) in [5.41, 5.74) is 1.62. The lowest BCUT2D eigenvalue weighted by molar-refractivity contribution is -0.115. The number of amides is 1. The summed E-state index contributed by atoms with van der Waals surface area (Å²) in [6.45, 7) is 0. The van der Waals surface area contributed by atoms with Gasteiger partial charge in [-0.25, -0.2) is 0 Å². The number of carbonyl (C=O) groups is 1. The van der Waals surface area contributed by atoms with E-state index in [9.17, 15) is 4.79 Å². The molecule has 0 aliphatic carbocycles. The van der Waals surface area contributed by atoms with Crippen LogP contribution in [0.3, 0.4) is 0 Å². The van der Waals surface area contributed by atoms with Crippen molar-refractivity contribution in [2.75, 3.05) is 5.32 Å². The molecule has 5 nitrogen and oxygen atoms in total. The van der Waals surface area contributed by atoms with Crippen molar-refractivity contribution in [1.29, 1.82) is 5.26 Å². The SMILES string of the molecule is N#CCC(=O)Nc1[nH]ncc1-c1ccc(Cl)cc1. The predicted molar refractivity (Wildman–Crippen MR) is 67.9 cm³/mol. The molecule has 90 valence electrons. The van der Waals surface area contributed by atoms with Crippen LogP contribution >= 0.6 is 11.6 Å². The topological polar surface area (TPSA) is 81.6 Å². The standard InChI is InChI=1S/C12H9ClN4O/c13-9-3-1-8(2-4-9)10-7-15-17-12(10)16-11(18)5-6-14/h1-4,7H,5H2,(H2,15,16,17,18). The number of aromatic nitrogens is 2. The molecule has 2 aromatic rings. The fraction of sp³-hybridized carbons (Fsp3) is 0.0833. The van der Waals surface area contributed by atoms with Crippen LogP contribution in [0.4, 0.5) is 5.82 Å². The highest BCUT2D eigenvalue weighted by molar-refractivity contribution is 6.30. The van der Waals surface area contributed by atoms with Gasteiger partial charge >= 0.3 is 0 Å². The Bertz CT molecular complexity index is 597. The minimum atomic E-state index is -0.378. The van der Waals surface area contributed by atoms with Crippen LogP contribution < -0.4 is 5.32 Å². The zero-order valence-electron chi connectivity index (χ0n) is 9.27. The van der Waals surface area contributed by atoms with E-state index in [4.69, 9.17) is 16.9 Å². The monoisotopic (exact) mass is 260 g/mol. The molecule has 1 heterocycles. The normalized spacial score (nSPS) is 9.78. The molecule has 0 radical (unpaired) electrons. The van der Waals surface area contributed by atoms with E-state index in [-0.39, 0.29) is 12.3 Å². The van der Waals surface area contributed by atoms with Gasteiger partial charge in [-0.2, -0.15) is 10.4 Å². The molecular formula is C12H9ClN4O. The third-order valence-corrected chi connectivity index (χ3v) is 2.55. The van der Waals surface area contributed by atoms with Crippen molar-refractivity contribution in [1.82, 2.24) is 10.2 Å². The molecule has 0 aliphatic rings. The van der Waals surface area contributed by atoms with Crippen molar-refractivity contribution < 1.29 is 4.79 Å². The molecule has 0 unspecified atom stereocenters. The number of nitrogens with zero attached hydrogens (tertiary/aromatic N) is 2. The molecule has 6 heteroatoms. The first kappa shape index (κ1) is 12.1. The minimum absolute atomic E-state index is 0.195. The fourth-order valence-electron chi connectivity index (χ4n) is 1.49. The second kappa shape index (κ2) is 5.34. The Morgan fingerprint density at radius 1 is 1.44 bits per heavy atom. The molecule has 0 aliphatic heterocycles. The Kier molecular flexibility index (Phi) is 3.60. The van der Waals surface area contributed by atoms with Crippen LogP contribution in [-0.4, -0.2) is 16.1 Å². The number of benzene rings is 1. The fourth-order valence-corrected chi connectivity index (χ4v) is 1.61. The molecule has 18 heavy (non-hydrogen) atoms. The van der Waals surface area contributed by atoms with Crippen molar-refractivity contribution in [2.45, 2.75) is 6.42 Å². The summed E-state index contributed by atoms with van der Waals surface area (Å²) in [7, 11) is 0. The van der Waals surface area contributed by atoms with E-state index in [0.717, 1.165) is 11.1 Å². The van der Waals surface area contributed by atoms with Crippen LogP contribution in [0.2, 0.25) is 5.02 Å². The zero-order valence-corrected chi connectivity index (χ0v) is 10.0. The highest BCUT2D eigenvalue weighted by Crippen LogP contribution is 2.26. The largest absolute Gasteiger partial charge is 0.310 e. The summed E-state index contributed by atoms with van der Waals surface area (Å²) in [4.78, 5) is 11.3. The zero-order chi connectivity index (χ0) is 13.0. The summed E-state index contributed by atoms with van der Waals surface area (Å²) < 4.78 is 0. The third kappa shape index (κ3) is 2.67. The van der Waals surface area contributed by atoms with Crippen LogP contribution in [0.25, 0.3) is 11.1 Å². The highest BCUT2D eigenvalue weighted by Gasteiger charge is 2.10. The van der Waals surface area contributed by atoms with E-state index >= 15 is 0 Å². The molecule has 0 saturated carbocycles. The number of H-pyrrole nitrogens is 1. The number of hydrogen-bond donors (Lipinski definition) is 2. The predicted octanol–water partition coefficient (Wildman–Crippen LogP) is 2.58. The van der Waals surface area contributed by atoms with Gasteiger partial charge in [-0.3, -0.25) is 9.89 Å². The van der Waals surface area contributed by atoms with Crippen LogP contribution in [-0.2, 0) is 4.79 Å². The summed E-state index contributed by atoms with van der Waals surface area (Å²) in [6, 6.07) is 8.95. The van der Waals surface area contributed by atoms with E-state index in [2.05, 4.69) is 15.5 Å². The van der Waals surface area contributed by atoms with Crippen molar-refractivity contribution in [2.24, 2.45) is 0 Å². The second-order valence-electron chi connectivity index (χ2n) is 3.55. The number of aromatic amines is 1. The molecule has 0 bridgehead atoms. The molecule has 0 spiro atoms. The first-order chi connectivity index (χ1) is 8.70. The number of halogens is 1. The molecule has 1 aromatic carbocycles. The van der Waals surface area contributed by atoms with Crippen molar-refractivity contribution in [3.63, 3.8) is 0 Å². The molecule has 2 rings (SSSR count). The lowest BCUT2D eigenvalue weighted by atomic mass is 10.1. The van der Waals surface area contributed by atoms with Crippen LogP contribution in [0.15, 0.2) is 30.5 Å². The van der Waals surface area contributed by atoms with E-state index in [1.165, 1.54) is 0 Å². The number of nitriles is 1. The second-order valence-corrected chi connectivity index (χ2v) is 3.99. The van der Waals surface area contributed by atoms with Gasteiger partial charge in [-0.1, -0.05) is 23.7 Å². The van der Waals surface area contributed by atoms with Crippen LogP contribution in [0.1, 0.15) is 6.42 Å². The van der Waals surface area contributed by atoms with Gasteiger partial charge in [-0.15, -0.1) is 0 Å². The Morgan fingerprint density at radius 3 is 2.83 bits per heavy atom. The van der Waals surface area contributed by atoms with Gasteiger partial charge in [0.2, 0.25) is 5.91 Å². The average molecular weight is 261 g/mol. The Balaban J connectivity index is 2.25. The van der Waals surface area contributed by atoms with Gasteiger partial charge in [-0.05, 0) is 17.7 Å². The molecule has 0 fully saturated rings. The lowest BCUT2D eigenvalue weighted by Crippen LogP contribution is -2.11. The van der Waals surface area contributed by atoms with Crippen molar-refractivity contribution in [3.8, 4) is 17.2 Å². The Morgan fingerprint density at radius 2 is 2.17 bits per heavy atom. The van der Waals surface area contributed by atoms with Crippen molar-refractivity contribution in [3.05, 3.63) is 35.5 Å². The van der Waals surface area contributed by atoms with Gasteiger partial charge in [0.25, 0.3) is 0 Å². The van der Waals surface area contributed by atoms with E-state index in [1.54, 1.807) is 24.4 Å². The number of carbonyl (C=O) groups excluding carboxylic acids is 1. The molecule has 2 N–H and O–H groups in total. The Labute approximate surface area is 108 Å². The van der Waals surface area contributed by atoms with Crippen molar-refractivity contribution >= 4 is 23.3 Å². The van der Waals surface area contributed by atoms with Gasteiger partial charge < -0.3 is 5.32 Å². The number of nitrogens with one attached hydrogen (secondary N) is 2. The van der Waals surface area contributed by atoms with E-state index < -0.39 is 0 Å². The van der Waals surface area contributed by atoms with E-state index in [0.29, 0.717) is 10.8 Å². The summed E-state index contributed by atoms with van der Waals surface area (Å²) in [5.74, 6) is 0.0922. The summed E-state index contributed by atoms with van der Waals surface area (Å²) in [5, 5.41) is 18.2. The number of rotatable bonds is 3. The highest BCUT2D eigenvalue weighted by atomic mass is 35.5. The van der Waals surface area contributed by atoms with Gasteiger partial charge in [0.05, 0.1) is 12.3 Å². The molecule has 1 amide bonds. The average Bonchev–Trinajstić information content (AvgIpc) is 2.78. The number of anilines is 1. The maximum absolute atomic E-state index is 11.3. The Hall–Kier alpha value is -2.32. The summed E-state index contributed by atoms with van der Waals surface area (Å²) in [6.07, 6.45) is 1.41. The smallest absolute Gasteiger partial charge is 0.239 e. The molecular weight excluding hydrogens is 252 g/mol. The van der Waals surface area contributed by atoms with E-state index in [1.807, 2.05) is 12.1 Å². The van der Waals surface area contributed by atoms with Crippen LogP contribution in [0.5, 0.6) is 0 Å². The first-order valence-corrected chi connectivity index (χ1v) is 5.54. The quantitative estimate of drug-likeness (QED) is 0.890. The minimum Gasteiger partial charge on any atom is -0.310 e. The van der Waals surface area contributed by atoms with Crippen LogP contribution in [0, 0.1) is 11.3 Å². The van der Waals surface area contributed by atoms with Gasteiger partial charge in [0, 0.05) is 10.6 Å². The number of hydrogen-bond acceptors (Lipinski definition) is 3. The maximum atomic E-state index is 11.3. The maximum Gasteiger partial charge on any atom is 0.239 e.